The molecule has 4 aromatic carbocycles. The highest BCUT2D eigenvalue weighted by Crippen LogP contribution is 2.35. The highest BCUT2D eigenvalue weighted by molar-refractivity contribution is 9.10. The van der Waals surface area contributed by atoms with Crippen LogP contribution in [0.25, 0.3) is 0 Å². The Kier molecular flexibility index (Phi) is 11.7. The van der Waals surface area contributed by atoms with Crippen LogP contribution in [0.2, 0.25) is 10.0 Å². The van der Waals surface area contributed by atoms with Crippen molar-refractivity contribution in [2.75, 3.05) is 10.8 Å². The number of hydrogen-bond acceptors (Lipinski definition) is 4. The summed E-state index contributed by atoms with van der Waals surface area (Å²) in [5.74, 6) is -0.951. The van der Waals surface area contributed by atoms with Gasteiger partial charge < -0.3 is 10.2 Å². The standard InChI is InChI=1S/C34H34BrCl2N3O4S/c1-23(2)38-34(42)31(20-25-9-5-4-6-10-25)39(21-26-11-7-12-27(35)19-26)32(41)22-40(30-14-8-13-29(36)33(30)37)45(43,44)28-17-15-24(3)16-18-28/h4-19,23,31H,20-22H2,1-3H3,(H,38,42)/t31-/m0/s1. The minimum Gasteiger partial charge on any atom is -0.352 e. The molecule has 1 N–H and O–H groups in total. The Morgan fingerprint density at radius 2 is 1.51 bits per heavy atom. The van der Waals surface area contributed by atoms with Crippen molar-refractivity contribution in [1.29, 1.82) is 0 Å². The van der Waals surface area contributed by atoms with Gasteiger partial charge in [-0.25, -0.2) is 8.42 Å². The van der Waals surface area contributed by atoms with Gasteiger partial charge in [0.15, 0.2) is 0 Å². The van der Waals surface area contributed by atoms with E-state index in [1.54, 1.807) is 18.2 Å². The summed E-state index contributed by atoms with van der Waals surface area (Å²) in [7, 11) is -4.31. The van der Waals surface area contributed by atoms with E-state index in [0.29, 0.717) is 0 Å². The number of halogens is 3. The second kappa shape index (κ2) is 15.3. The molecule has 0 radical (unpaired) electrons. The molecule has 4 rings (SSSR count). The first-order chi connectivity index (χ1) is 21.4. The smallest absolute Gasteiger partial charge is 0.264 e. The van der Waals surface area contributed by atoms with Crippen molar-refractivity contribution in [1.82, 2.24) is 10.2 Å². The Morgan fingerprint density at radius 1 is 0.867 bits per heavy atom. The van der Waals surface area contributed by atoms with Gasteiger partial charge in [0, 0.05) is 23.5 Å². The lowest BCUT2D eigenvalue weighted by atomic mass is 10.0. The van der Waals surface area contributed by atoms with E-state index in [1.807, 2.05) is 75.4 Å². The minimum atomic E-state index is -4.31. The Balaban J connectivity index is 1.84. The lowest BCUT2D eigenvalue weighted by molar-refractivity contribution is -0.140. The fraction of sp³-hybridized carbons (Fsp3) is 0.235. The van der Waals surface area contributed by atoms with Gasteiger partial charge in [0.1, 0.15) is 12.6 Å². The summed E-state index contributed by atoms with van der Waals surface area (Å²) >= 11 is 16.4. The van der Waals surface area contributed by atoms with Crippen LogP contribution in [0.3, 0.4) is 0 Å². The maximum absolute atomic E-state index is 14.5. The summed E-state index contributed by atoms with van der Waals surface area (Å²) in [6.45, 7) is 4.94. The fourth-order valence-electron chi connectivity index (χ4n) is 4.80. The van der Waals surface area contributed by atoms with E-state index in [-0.39, 0.29) is 45.5 Å². The molecule has 0 heterocycles. The predicted octanol–water partition coefficient (Wildman–Crippen LogP) is 7.42. The molecule has 236 valence electrons. The summed E-state index contributed by atoms with van der Waals surface area (Å²) < 4.78 is 30.1. The molecular weight excluding hydrogens is 697 g/mol. The number of nitrogens with zero attached hydrogens (tertiary/aromatic N) is 2. The molecule has 0 aliphatic carbocycles. The second-order valence-corrected chi connectivity index (χ2v) is 14.5. The number of aryl methyl sites for hydroxylation is 1. The Morgan fingerprint density at radius 3 is 2.16 bits per heavy atom. The molecule has 1 atom stereocenters. The van der Waals surface area contributed by atoms with Crippen LogP contribution < -0.4 is 9.62 Å². The molecule has 0 fully saturated rings. The highest BCUT2D eigenvalue weighted by atomic mass is 79.9. The molecule has 0 aliphatic heterocycles. The molecule has 2 amide bonds. The predicted molar refractivity (Wildman–Crippen MR) is 184 cm³/mol. The number of anilines is 1. The zero-order chi connectivity index (χ0) is 32.7. The van der Waals surface area contributed by atoms with Gasteiger partial charge in [-0.3, -0.25) is 13.9 Å². The van der Waals surface area contributed by atoms with Crippen LogP contribution in [0.4, 0.5) is 5.69 Å². The largest absolute Gasteiger partial charge is 0.352 e. The Bertz CT molecular complexity index is 1750. The number of benzene rings is 4. The average molecular weight is 732 g/mol. The third-order valence-electron chi connectivity index (χ3n) is 7.03. The number of amides is 2. The van der Waals surface area contributed by atoms with Crippen molar-refractivity contribution in [2.45, 2.75) is 50.7 Å². The summed E-state index contributed by atoms with van der Waals surface area (Å²) in [6, 6.07) is 26.6. The molecule has 0 saturated heterocycles. The molecule has 0 saturated carbocycles. The highest BCUT2D eigenvalue weighted by Gasteiger charge is 2.35. The fourth-order valence-corrected chi connectivity index (χ4v) is 7.12. The van der Waals surface area contributed by atoms with E-state index >= 15 is 0 Å². The molecule has 7 nitrogen and oxygen atoms in total. The van der Waals surface area contributed by atoms with Gasteiger partial charge in [0.2, 0.25) is 11.8 Å². The Labute approximate surface area is 283 Å². The number of carbonyl (C=O) groups is 2. The molecule has 45 heavy (non-hydrogen) atoms. The molecule has 0 aliphatic rings. The van der Waals surface area contributed by atoms with Gasteiger partial charge in [0.05, 0.1) is 20.6 Å². The van der Waals surface area contributed by atoms with Gasteiger partial charge in [-0.05, 0) is 68.3 Å². The van der Waals surface area contributed by atoms with Crippen LogP contribution in [0.15, 0.2) is 106 Å². The van der Waals surface area contributed by atoms with Crippen LogP contribution in [-0.4, -0.2) is 43.8 Å². The maximum Gasteiger partial charge on any atom is 0.264 e. The number of carbonyl (C=O) groups excluding carboxylic acids is 2. The van der Waals surface area contributed by atoms with E-state index < -0.39 is 28.5 Å². The van der Waals surface area contributed by atoms with E-state index in [9.17, 15) is 18.0 Å². The van der Waals surface area contributed by atoms with E-state index in [0.717, 1.165) is 25.5 Å². The second-order valence-electron chi connectivity index (χ2n) is 10.9. The van der Waals surface area contributed by atoms with Crippen molar-refractivity contribution < 1.29 is 18.0 Å². The van der Waals surface area contributed by atoms with E-state index in [4.69, 9.17) is 23.2 Å². The SMILES string of the molecule is Cc1ccc(S(=O)(=O)N(CC(=O)N(Cc2cccc(Br)c2)[C@@H](Cc2ccccc2)C(=O)NC(C)C)c2cccc(Cl)c2Cl)cc1. The van der Waals surface area contributed by atoms with Crippen LogP contribution in [0, 0.1) is 6.92 Å². The number of rotatable bonds is 12. The maximum atomic E-state index is 14.5. The summed E-state index contributed by atoms with van der Waals surface area (Å²) in [5, 5.41) is 3.07. The lowest BCUT2D eigenvalue weighted by Gasteiger charge is -2.34. The molecular formula is C34H34BrCl2N3O4S. The van der Waals surface area contributed by atoms with Crippen LogP contribution in [0.5, 0.6) is 0 Å². The summed E-state index contributed by atoms with van der Waals surface area (Å²) in [6.07, 6.45) is 0.210. The van der Waals surface area contributed by atoms with Crippen LogP contribution >= 0.6 is 39.1 Å². The molecule has 0 bridgehead atoms. The van der Waals surface area contributed by atoms with Gasteiger partial charge in [-0.2, -0.15) is 0 Å². The van der Waals surface area contributed by atoms with Crippen molar-refractivity contribution in [3.05, 3.63) is 128 Å². The van der Waals surface area contributed by atoms with Gasteiger partial charge in [0.25, 0.3) is 10.0 Å². The summed E-state index contributed by atoms with van der Waals surface area (Å²) in [5.41, 5.74) is 2.52. The third kappa shape index (κ3) is 8.88. The first-order valence-corrected chi connectivity index (χ1v) is 17.3. The number of sulfonamides is 1. The average Bonchev–Trinajstić information content (AvgIpc) is 2.99. The van der Waals surface area contributed by atoms with Crippen molar-refractivity contribution in [2.24, 2.45) is 0 Å². The van der Waals surface area contributed by atoms with E-state index in [1.165, 1.54) is 29.2 Å². The zero-order valence-corrected chi connectivity index (χ0v) is 29.0. The topological polar surface area (TPSA) is 86.8 Å². The first kappa shape index (κ1) is 34.5. The van der Waals surface area contributed by atoms with Gasteiger partial charge in [-0.15, -0.1) is 0 Å². The summed E-state index contributed by atoms with van der Waals surface area (Å²) in [4.78, 5) is 29.7. The molecule has 0 spiro atoms. The van der Waals surface area contributed by atoms with Gasteiger partial charge in [-0.1, -0.05) is 105 Å². The monoisotopic (exact) mass is 729 g/mol. The van der Waals surface area contributed by atoms with E-state index in [2.05, 4.69) is 21.2 Å². The molecule has 4 aromatic rings. The van der Waals surface area contributed by atoms with Gasteiger partial charge >= 0.3 is 0 Å². The Hall–Kier alpha value is -3.37. The lowest BCUT2D eigenvalue weighted by Crippen LogP contribution is -2.54. The molecule has 11 heteroatoms. The molecule has 0 aromatic heterocycles. The quantitative estimate of drug-likeness (QED) is 0.164. The normalized spacial score (nSPS) is 12.1. The van der Waals surface area contributed by atoms with Crippen molar-refractivity contribution in [3.63, 3.8) is 0 Å². The van der Waals surface area contributed by atoms with Crippen LogP contribution in [-0.2, 0) is 32.6 Å². The third-order valence-corrected chi connectivity index (χ3v) is 10.1. The number of nitrogens with one attached hydrogen (secondary N) is 1. The molecule has 0 unspecified atom stereocenters. The van der Waals surface area contributed by atoms with Crippen molar-refractivity contribution in [3.8, 4) is 0 Å². The number of hydrogen-bond donors (Lipinski definition) is 1. The van der Waals surface area contributed by atoms with Crippen LogP contribution in [0.1, 0.15) is 30.5 Å². The van der Waals surface area contributed by atoms with Crippen molar-refractivity contribution >= 4 is 66.7 Å². The first-order valence-electron chi connectivity index (χ1n) is 14.3. The minimum absolute atomic E-state index is 0.0143. The zero-order valence-electron chi connectivity index (χ0n) is 25.1.